The molecule has 2 aromatic heterocycles. The number of nitrogens with zero attached hydrogens (tertiary/aromatic N) is 3. The number of benzene rings is 1. The van der Waals surface area contributed by atoms with Crippen LogP contribution in [0.1, 0.15) is 26.3 Å². The number of hydrogen-bond acceptors (Lipinski definition) is 6. The molecule has 0 unspecified atom stereocenters. The van der Waals surface area contributed by atoms with Crippen molar-refractivity contribution in [3.8, 4) is 11.1 Å². The molecule has 0 spiro atoms. The third kappa shape index (κ3) is 4.74. The normalized spacial score (nSPS) is 18.8. The molecule has 1 saturated heterocycles. The van der Waals surface area contributed by atoms with Gasteiger partial charge < -0.3 is 19.9 Å². The van der Waals surface area contributed by atoms with Crippen LogP contribution in [-0.4, -0.2) is 40.2 Å². The fourth-order valence-corrected chi connectivity index (χ4v) is 3.74. The predicted octanol–water partition coefficient (Wildman–Crippen LogP) is 3.89. The van der Waals surface area contributed by atoms with E-state index in [9.17, 15) is 9.18 Å². The molecule has 8 heteroatoms. The van der Waals surface area contributed by atoms with E-state index in [1.54, 1.807) is 12.3 Å². The Bertz CT molecular complexity index is 1110. The lowest BCUT2D eigenvalue weighted by molar-refractivity contribution is -0.00572. The van der Waals surface area contributed by atoms with Crippen molar-refractivity contribution in [3.05, 3.63) is 64.5 Å². The number of anilines is 3. The van der Waals surface area contributed by atoms with Crippen LogP contribution in [0.2, 0.25) is 0 Å². The Labute approximate surface area is 180 Å². The molecule has 7 nitrogen and oxygen atoms in total. The van der Waals surface area contributed by atoms with Gasteiger partial charge in [0.25, 0.3) is 5.56 Å². The minimum atomic E-state index is -0.629. The zero-order chi connectivity index (χ0) is 22.0. The maximum atomic E-state index is 14.5. The highest BCUT2D eigenvalue weighted by molar-refractivity contribution is 5.69. The Balaban J connectivity index is 1.62. The van der Waals surface area contributed by atoms with Gasteiger partial charge in [-0.25, -0.2) is 9.37 Å². The molecular weight excluding hydrogens is 397 g/mol. The molecule has 1 fully saturated rings. The first-order valence-corrected chi connectivity index (χ1v) is 10.4. The Kier molecular flexibility index (Phi) is 5.99. The summed E-state index contributed by atoms with van der Waals surface area (Å²) in [5, 5.41) is 2.85. The molecular formula is C23H26FN5O2. The second-order valence-corrected chi connectivity index (χ2v) is 7.84. The number of halogens is 1. The first kappa shape index (κ1) is 21.0. The molecule has 0 saturated carbocycles. The van der Waals surface area contributed by atoms with Gasteiger partial charge in [0, 0.05) is 24.8 Å². The van der Waals surface area contributed by atoms with E-state index < -0.39 is 5.82 Å². The van der Waals surface area contributed by atoms with Gasteiger partial charge in [-0.1, -0.05) is 31.2 Å². The van der Waals surface area contributed by atoms with Gasteiger partial charge in [0.05, 0.1) is 18.4 Å². The van der Waals surface area contributed by atoms with Crippen LogP contribution in [0.25, 0.3) is 11.1 Å². The summed E-state index contributed by atoms with van der Waals surface area (Å²) in [6.07, 6.45) is 3.76. The molecule has 0 bridgehead atoms. The van der Waals surface area contributed by atoms with E-state index in [-0.39, 0.29) is 29.3 Å². The fourth-order valence-electron chi connectivity index (χ4n) is 3.74. The number of aromatic amines is 1. The van der Waals surface area contributed by atoms with Crippen molar-refractivity contribution in [1.82, 2.24) is 15.0 Å². The van der Waals surface area contributed by atoms with Gasteiger partial charge in [0.1, 0.15) is 5.69 Å². The first-order chi connectivity index (χ1) is 14.9. The van der Waals surface area contributed by atoms with Crippen LogP contribution in [0.3, 0.4) is 0 Å². The third-order valence-corrected chi connectivity index (χ3v) is 5.29. The van der Waals surface area contributed by atoms with Gasteiger partial charge >= 0.3 is 0 Å². The Morgan fingerprint density at radius 2 is 1.90 bits per heavy atom. The highest BCUT2D eigenvalue weighted by atomic mass is 19.1. The van der Waals surface area contributed by atoms with Crippen LogP contribution in [-0.2, 0) is 11.2 Å². The average Bonchev–Trinajstić information content (AvgIpc) is 2.76. The molecule has 0 aliphatic carbocycles. The van der Waals surface area contributed by atoms with Crippen molar-refractivity contribution >= 4 is 17.5 Å². The second kappa shape index (κ2) is 8.85. The smallest absolute Gasteiger partial charge is 0.271 e. The van der Waals surface area contributed by atoms with Gasteiger partial charge in [-0.3, -0.25) is 4.79 Å². The Hall–Kier alpha value is -3.26. The van der Waals surface area contributed by atoms with Gasteiger partial charge in [-0.05, 0) is 37.5 Å². The van der Waals surface area contributed by atoms with E-state index in [2.05, 4.69) is 27.2 Å². The number of H-pyrrole nitrogens is 1. The molecule has 1 aromatic carbocycles. The molecule has 2 N–H and O–H groups in total. The van der Waals surface area contributed by atoms with E-state index in [4.69, 9.17) is 4.74 Å². The van der Waals surface area contributed by atoms with Crippen molar-refractivity contribution in [2.45, 2.75) is 39.4 Å². The largest absolute Gasteiger partial charge is 0.372 e. The molecule has 3 heterocycles. The summed E-state index contributed by atoms with van der Waals surface area (Å²) in [5.74, 6) is -0.273. The third-order valence-electron chi connectivity index (χ3n) is 5.29. The van der Waals surface area contributed by atoms with E-state index in [1.807, 2.05) is 43.0 Å². The fraction of sp³-hybridized carbons (Fsp3) is 0.348. The molecule has 4 rings (SSSR count). The average molecular weight is 423 g/mol. The summed E-state index contributed by atoms with van der Waals surface area (Å²) in [6, 6.07) is 9.79. The van der Waals surface area contributed by atoms with Crippen molar-refractivity contribution in [3.63, 3.8) is 0 Å². The number of ether oxygens (including phenoxy) is 1. The number of aromatic nitrogens is 3. The van der Waals surface area contributed by atoms with Gasteiger partial charge in [-0.15, -0.1) is 0 Å². The van der Waals surface area contributed by atoms with E-state index in [0.29, 0.717) is 19.0 Å². The number of nitrogens with one attached hydrogen (secondary N) is 2. The van der Waals surface area contributed by atoms with Gasteiger partial charge in [-0.2, -0.15) is 4.98 Å². The summed E-state index contributed by atoms with van der Waals surface area (Å²) >= 11 is 0. The van der Waals surface area contributed by atoms with Crippen molar-refractivity contribution in [2.24, 2.45) is 0 Å². The first-order valence-electron chi connectivity index (χ1n) is 10.4. The Morgan fingerprint density at radius 3 is 2.58 bits per heavy atom. The lowest BCUT2D eigenvalue weighted by atomic mass is 10.0. The second-order valence-electron chi connectivity index (χ2n) is 7.84. The summed E-state index contributed by atoms with van der Waals surface area (Å²) < 4.78 is 20.2. The van der Waals surface area contributed by atoms with Crippen LogP contribution >= 0.6 is 0 Å². The van der Waals surface area contributed by atoms with Crippen LogP contribution in [0.4, 0.5) is 21.8 Å². The number of aryl methyl sites for hydroxylation is 1. The highest BCUT2D eigenvalue weighted by Crippen LogP contribution is 2.24. The maximum absolute atomic E-state index is 14.5. The maximum Gasteiger partial charge on any atom is 0.271 e. The predicted molar refractivity (Wildman–Crippen MR) is 119 cm³/mol. The SMILES string of the molecule is CCc1ccc(-c2c[nH]c(=O)c(Nc3nc(N4C[C@@H](C)O[C@@H](C)C4)ncc3F)c2)cc1. The summed E-state index contributed by atoms with van der Waals surface area (Å²) in [4.78, 5) is 25.5. The summed E-state index contributed by atoms with van der Waals surface area (Å²) in [6.45, 7) is 7.27. The van der Waals surface area contributed by atoms with E-state index >= 15 is 0 Å². The lowest BCUT2D eigenvalue weighted by Crippen LogP contribution is -2.46. The van der Waals surface area contributed by atoms with Crippen LogP contribution in [0.15, 0.2) is 47.5 Å². The zero-order valence-corrected chi connectivity index (χ0v) is 17.9. The number of hydrogen-bond donors (Lipinski definition) is 2. The topological polar surface area (TPSA) is 83.1 Å². The van der Waals surface area contributed by atoms with Crippen molar-refractivity contribution < 1.29 is 9.13 Å². The minimum Gasteiger partial charge on any atom is -0.372 e. The van der Waals surface area contributed by atoms with Crippen molar-refractivity contribution in [2.75, 3.05) is 23.3 Å². The lowest BCUT2D eigenvalue weighted by Gasteiger charge is -2.35. The van der Waals surface area contributed by atoms with E-state index in [0.717, 1.165) is 23.7 Å². The molecule has 0 amide bonds. The zero-order valence-electron chi connectivity index (χ0n) is 17.9. The summed E-state index contributed by atoms with van der Waals surface area (Å²) in [5.41, 5.74) is 2.85. The molecule has 31 heavy (non-hydrogen) atoms. The quantitative estimate of drug-likeness (QED) is 0.648. The minimum absolute atomic E-state index is 0.0208. The molecule has 1 aliphatic heterocycles. The molecule has 3 aromatic rings. The van der Waals surface area contributed by atoms with Gasteiger partial charge in [0.2, 0.25) is 5.95 Å². The van der Waals surface area contributed by atoms with E-state index in [1.165, 1.54) is 5.56 Å². The Morgan fingerprint density at radius 1 is 1.19 bits per heavy atom. The number of morpholine rings is 1. The molecule has 2 atom stereocenters. The number of rotatable bonds is 5. The van der Waals surface area contributed by atoms with Crippen LogP contribution < -0.4 is 15.8 Å². The highest BCUT2D eigenvalue weighted by Gasteiger charge is 2.25. The molecule has 162 valence electrons. The molecule has 0 radical (unpaired) electrons. The monoisotopic (exact) mass is 423 g/mol. The van der Waals surface area contributed by atoms with Crippen LogP contribution in [0, 0.1) is 5.82 Å². The van der Waals surface area contributed by atoms with Crippen molar-refractivity contribution in [1.29, 1.82) is 0 Å². The van der Waals surface area contributed by atoms with Crippen LogP contribution in [0.5, 0.6) is 0 Å². The number of pyridine rings is 1. The molecule has 1 aliphatic rings. The summed E-state index contributed by atoms with van der Waals surface area (Å²) in [7, 11) is 0. The van der Waals surface area contributed by atoms with Gasteiger partial charge in [0.15, 0.2) is 11.6 Å². The standard InChI is InChI=1S/C23H26FN5O2/c1-4-16-5-7-17(8-6-16)18-9-20(22(30)25-10-18)27-21-19(24)11-26-23(28-21)29-12-14(2)31-15(3)13-29/h5-11,14-15H,4,12-13H2,1-3H3,(H,25,30)(H,26,27,28)/t14-,15+.